The van der Waals surface area contributed by atoms with E-state index in [-0.39, 0.29) is 0 Å². The molecule has 3 nitrogen and oxygen atoms in total. The van der Waals surface area contributed by atoms with E-state index in [2.05, 4.69) is 22.5 Å². The lowest BCUT2D eigenvalue weighted by molar-refractivity contribution is 0.127. The molecule has 0 radical (unpaired) electrons. The van der Waals surface area contributed by atoms with Crippen LogP contribution in [0.5, 0.6) is 0 Å². The molecule has 3 aliphatic rings. The van der Waals surface area contributed by atoms with Gasteiger partial charge in [0.15, 0.2) is 0 Å². The summed E-state index contributed by atoms with van der Waals surface area (Å²) in [6.07, 6.45) is 2.81. The molecule has 2 N–H and O–H groups in total. The summed E-state index contributed by atoms with van der Waals surface area (Å²) >= 11 is 0. The van der Waals surface area contributed by atoms with Gasteiger partial charge in [-0.05, 0) is 32.2 Å². The summed E-state index contributed by atoms with van der Waals surface area (Å²) in [4.78, 5) is 2.73. The summed E-state index contributed by atoms with van der Waals surface area (Å²) in [5, 5.41) is 7.26. The summed E-state index contributed by atoms with van der Waals surface area (Å²) in [5.41, 5.74) is 0. The number of nitrogens with zero attached hydrogens (tertiary/aromatic N) is 1. The van der Waals surface area contributed by atoms with Crippen LogP contribution in [0.15, 0.2) is 0 Å². The Morgan fingerprint density at radius 2 is 2.21 bits per heavy atom. The second-order valence-electron chi connectivity index (χ2n) is 5.14. The van der Waals surface area contributed by atoms with Gasteiger partial charge in [0.2, 0.25) is 0 Å². The standard InChI is InChI=1S/C11H21N3/c1-8-5-12-6-11-9-3-2-4-13-10(9)7-14(8)11/h8-13H,2-7H2,1H3/t8-,9?,10?,11-/m1/s1. The van der Waals surface area contributed by atoms with Crippen molar-refractivity contribution in [3.63, 3.8) is 0 Å². The van der Waals surface area contributed by atoms with Crippen LogP contribution < -0.4 is 10.6 Å². The van der Waals surface area contributed by atoms with E-state index in [9.17, 15) is 0 Å². The van der Waals surface area contributed by atoms with Crippen LogP contribution in [0.1, 0.15) is 19.8 Å². The topological polar surface area (TPSA) is 27.3 Å². The van der Waals surface area contributed by atoms with Crippen LogP contribution >= 0.6 is 0 Å². The van der Waals surface area contributed by atoms with Crippen molar-refractivity contribution in [3.05, 3.63) is 0 Å². The Labute approximate surface area is 86.2 Å². The molecule has 0 aromatic rings. The largest absolute Gasteiger partial charge is 0.314 e. The van der Waals surface area contributed by atoms with E-state index >= 15 is 0 Å². The second-order valence-corrected chi connectivity index (χ2v) is 5.14. The fraction of sp³-hybridized carbons (Fsp3) is 1.00. The minimum atomic E-state index is 0.737. The van der Waals surface area contributed by atoms with Crippen molar-refractivity contribution in [1.82, 2.24) is 15.5 Å². The normalized spacial score (nSPS) is 48.6. The maximum atomic E-state index is 3.69. The Bertz CT molecular complexity index is 217. The molecule has 3 fully saturated rings. The van der Waals surface area contributed by atoms with Crippen LogP contribution in [-0.4, -0.2) is 49.2 Å². The van der Waals surface area contributed by atoms with Gasteiger partial charge in [-0.3, -0.25) is 4.90 Å². The zero-order chi connectivity index (χ0) is 9.54. The van der Waals surface area contributed by atoms with E-state index in [1.165, 1.54) is 39.0 Å². The first-order valence-corrected chi connectivity index (χ1v) is 6.06. The van der Waals surface area contributed by atoms with Gasteiger partial charge in [0, 0.05) is 37.8 Å². The van der Waals surface area contributed by atoms with Crippen LogP contribution in [0.3, 0.4) is 0 Å². The SMILES string of the molecule is C[C@@H]1CNC[C@@H]2C3CCCNC3CN12. The molecular weight excluding hydrogens is 174 g/mol. The third-order valence-corrected chi connectivity index (χ3v) is 4.32. The van der Waals surface area contributed by atoms with Gasteiger partial charge in [0.25, 0.3) is 0 Å². The molecule has 0 saturated carbocycles. The highest BCUT2D eigenvalue weighted by Gasteiger charge is 2.45. The smallest absolute Gasteiger partial charge is 0.0268 e. The summed E-state index contributed by atoms with van der Waals surface area (Å²) in [7, 11) is 0. The summed E-state index contributed by atoms with van der Waals surface area (Å²) in [6.45, 7) is 7.28. The van der Waals surface area contributed by atoms with Gasteiger partial charge in [0.1, 0.15) is 0 Å². The van der Waals surface area contributed by atoms with Crippen LogP contribution in [0.4, 0.5) is 0 Å². The average Bonchev–Trinajstić information content (AvgIpc) is 2.59. The number of rotatable bonds is 0. The first-order valence-electron chi connectivity index (χ1n) is 6.06. The third-order valence-electron chi connectivity index (χ3n) is 4.32. The predicted molar refractivity (Wildman–Crippen MR) is 57.3 cm³/mol. The van der Waals surface area contributed by atoms with E-state index in [1.807, 2.05) is 0 Å². The molecule has 3 heterocycles. The molecule has 14 heavy (non-hydrogen) atoms. The third kappa shape index (κ3) is 1.30. The van der Waals surface area contributed by atoms with Gasteiger partial charge in [-0.1, -0.05) is 0 Å². The molecule has 3 heteroatoms. The van der Waals surface area contributed by atoms with Crippen LogP contribution in [0.25, 0.3) is 0 Å². The van der Waals surface area contributed by atoms with Crippen molar-refractivity contribution < 1.29 is 0 Å². The molecule has 80 valence electrons. The van der Waals surface area contributed by atoms with Gasteiger partial charge >= 0.3 is 0 Å². The van der Waals surface area contributed by atoms with Crippen molar-refractivity contribution in [3.8, 4) is 0 Å². The average molecular weight is 195 g/mol. The molecule has 3 aliphatic heterocycles. The molecule has 3 rings (SSSR count). The predicted octanol–water partition coefficient (Wildman–Crippen LogP) is 0.0305. The van der Waals surface area contributed by atoms with E-state index in [0.717, 1.165) is 24.0 Å². The Morgan fingerprint density at radius 3 is 3.14 bits per heavy atom. The summed E-state index contributed by atoms with van der Waals surface area (Å²) in [5.74, 6) is 0.916. The van der Waals surface area contributed by atoms with Gasteiger partial charge in [-0.2, -0.15) is 0 Å². The highest BCUT2D eigenvalue weighted by molar-refractivity contribution is 5.03. The maximum absolute atomic E-state index is 3.69. The zero-order valence-electron chi connectivity index (χ0n) is 9.00. The Hall–Kier alpha value is -0.120. The van der Waals surface area contributed by atoms with Crippen LogP contribution in [-0.2, 0) is 0 Å². The molecule has 0 aliphatic carbocycles. The number of piperazine rings is 1. The lowest BCUT2D eigenvalue weighted by atomic mass is 9.88. The number of piperidine rings is 1. The highest BCUT2D eigenvalue weighted by atomic mass is 15.3. The van der Waals surface area contributed by atoms with E-state index < -0.39 is 0 Å². The van der Waals surface area contributed by atoms with Crippen molar-refractivity contribution in [2.24, 2.45) is 5.92 Å². The molecule has 0 aromatic carbocycles. The highest BCUT2D eigenvalue weighted by Crippen LogP contribution is 2.33. The van der Waals surface area contributed by atoms with Gasteiger partial charge in [0.05, 0.1) is 0 Å². The molecule has 0 spiro atoms. The molecule has 2 unspecified atom stereocenters. The number of hydrogen-bond acceptors (Lipinski definition) is 3. The number of nitrogens with one attached hydrogen (secondary N) is 2. The monoisotopic (exact) mass is 195 g/mol. The molecule has 3 saturated heterocycles. The van der Waals surface area contributed by atoms with Gasteiger partial charge < -0.3 is 10.6 Å². The Balaban J connectivity index is 1.79. The summed E-state index contributed by atoms with van der Waals surface area (Å²) < 4.78 is 0. The lowest BCUT2D eigenvalue weighted by Crippen LogP contribution is -2.54. The Morgan fingerprint density at radius 1 is 1.29 bits per heavy atom. The van der Waals surface area contributed by atoms with Crippen LogP contribution in [0, 0.1) is 5.92 Å². The van der Waals surface area contributed by atoms with Crippen LogP contribution in [0.2, 0.25) is 0 Å². The second kappa shape index (κ2) is 3.47. The molecular formula is C11H21N3. The molecule has 4 atom stereocenters. The van der Waals surface area contributed by atoms with E-state index in [4.69, 9.17) is 0 Å². The minimum absolute atomic E-state index is 0.737. The fourth-order valence-corrected chi connectivity index (χ4v) is 3.58. The van der Waals surface area contributed by atoms with Crippen molar-refractivity contribution in [2.75, 3.05) is 26.2 Å². The van der Waals surface area contributed by atoms with E-state index in [1.54, 1.807) is 0 Å². The fourth-order valence-electron chi connectivity index (χ4n) is 3.58. The number of hydrogen-bond donors (Lipinski definition) is 2. The number of fused-ring (bicyclic) bond motifs is 3. The Kier molecular flexibility index (Phi) is 2.26. The minimum Gasteiger partial charge on any atom is -0.314 e. The maximum Gasteiger partial charge on any atom is 0.0268 e. The first kappa shape index (κ1) is 9.13. The van der Waals surface area contributed by atoms with Gasteiger partial charge in [-0.15, -0.1) is 0 Å². The van der Waals surface area contributed by atoms with E-state index in [0.29, 0.717) is 0 Å². The summed E-state index contributed by atoms with van der Waals surface area (Å²) in [6, 6.07) is 2.34. The van der Waals surface area contributed by atoms with Crippen molar-refractivity contribution >= 4 is 0 Å². The zero-order valence-corrected chi connectivity index (χ0v) is 9.00. The molecule has 0 aromatic heterocycles. The van der Waals surface area contributed by atoms with Crippen molar-refractivity contribution in [1.29, 1.82) is 0 Å². The first-order chi connectivity index (χ1) is 6.86. The van der Waals surface area contributed by atoms with Crippen molar-refractivity contribution in [2.45, 2.75) is 37.9 Å². The lowest BCUT2D eigenvalue weighted by Gasteiger charge is -2.38. The quantitative estimate of drug-likeness (QED) is 0.571. The van der Waals surface area contributed by atoms with Gasteiger partial charge in [-0.25, -0.2) is 0 Å². The molecule has 0 bridgehead atoms. The molecule has 0 amide bonds.